The molecule has 5 heteroatoms. The average Bonchev–Trinajstić information content (AvgIpc) is 2.62. The summed E-state index contributed by atoms with van der Waals surface area (Å²) in [6, 6.07) is 0. The van der Waals surface area contributed by atoms with Crippen molar-refractivity contribution in [2.75, 3.05) is 20.2 Å². The maximum Gasteiger partial charge on any atom is 0.407 e. The smallest absolute Gasteiger partial charge is 0.407 e. The third-order valence-electron chi connectivity index (χ3n) is 4.07. The average molecular weight is 355 g/mol. The number of amides is 2. The zero-order valence-electron chi connectivity index (χ0n) is 16.3. The number of hydrogen-bond acceptors (Lipinski definition) is 3. The van der Waals surface area contributed by atoms with Gasteiger partial charge in [-0.1, -0.05) is 64.0 Å². The van der Waals surface area contributed by atoms with E-state index in [2.05, 4.69) is 29.7 Å². The van der Waals surface area contributed by atoms with Crippen molar-refractivity contribution in [1.29, 1.82) is 0 Å². The molecule has 0 aromatic heterocycles. The summed E-state index contributed by atoms with van der Waals surface area (Å²) >= 11 is 0. The highest BCUT2D eigenvalue weighted by Crippen LogP contribution is 2.08. The Morgan fingerprint density at radius 3 is 2.00 bits per heavy atom. The lowest BCUT2D eigenvalue weighted by Gasteiger charge is -2.06. The minimum absolute atomic E-state index is 0.227. The Morgan fingerprint density at radius 2 is 1.40 bits per heavy atom. The van der Waals surface area contributed by atoms with E-state index in [-0.39, 0.29) is 12.5 Å². The Morgan fingerprint density at radius 1 is 0.840 bits per heavy atom. The Kier molecular flexibility index (Phi) is 17.7. The van der Waals surface area contributed by atoms with E-state index in [1.165, 1.54) is 71.3 Å². The van der Waals surface area contributed by atoms with Gasteiger partial charge in [0.1, 0.15) is 0 Å². The predicted octanol–water partition coefficient (Wildman–Crippen LogP) is 4.72. The summed E-state index contributed by atoms with van der Waals surface area (Å²) in [6.45, 7) is 2.62. The first-order valence-corrected chi connectivity index (χ1v) is 9.97. The molecule has 0 aliphatic heterocycles. The van der Waals surface area contributed by atoms with Crippen LogP contribution in [-0.4, -0.2) is 32.2 Å². The van der Waals surface area contributed by atoms with Crippen molar-refractivity contribution in [3.63, 3.8) is 0 Å². The SMILES string of the molecule is CCCCCC/C=C\CCCCCCCCNC(=O)OCC(=O)NC. The van der Waals surface area contributed by atoms with Gasteiger partial charge < -0.3 is 15.4 Å². The first-order valence-electron chi connectivity index (χ1n) is 9.97. The first kappa shape index (κ1) is 23.5. The van der Waals surface area contributed by atoms with Gasteiger partial charge in [0.05, 0.1) is 0 Å². The van der Waals surface area contributed by atoms with Gasteiger partial charge >= 0.3 is 6.09 Å². The van der Waals surface area contributed by atoms with Crippen LogP contribution in [-0.2, 0) is 9.53 Å². The molecule has 2 N–H and O–H groups in total. The lowest BCUT2D eigenvalue weighted by Crippen LogP contribution is -2.30. The van der Waals surface area contributed by atoms with Crippen LogP contribution < -0.4 is 10.6 Å². The molecule has 0 aromatic rings. The van der Waals surface area contributed by atoms with Crippen LogP contribution in [0.25, 0.3) is 0 Å². The van der Waals surface area contributed by atoms with Crippen LogP contribution in [0.2, 0.25) is 0 Å². The van der Waals surface area contributed by atoms with Crippen LogP contribution in [0.3, 0.4) is 0 Å². The van der Waals surface area contributed by atoms with Crippen molar-refractivity contribution in [3.8, 4) is 0 Å². The van der Waals surface area contributed by atoms with E-state index in [1.807, 2.05) is 0 Å². The number of likely N-dealkylation sites (N-methyl/N-ethyl adjacent to an activating group) is 1. The van der Waals surface area contributed by atoms with Crippen molar-refractivity contribution in [2.24, 2.45) is 0 Å². The molecule has 0 unspecified atom stereocenters. The maximum absolute atomic E-state index is 11.3. The number of nitrogens with one attached hydrogen (secondary N) is 2. The van der Waals surface area contributed by atoms with Gasteiger partial charge in [-0.15, -0.1) is 0 Å². The lowest BCUT2D eigenvalue weighted by atomic mass is 10.1. The van der Waals surface area contributed by atoms with Crippen molar-refractivity contribution in [1.82, 2.24) is 10.6 Å². The molecular weight excluding hydrogens is 316 g/mol. The van der Waals surface area contributed by atoms with Gasteiger partial charge in [0.2, 0.25) is 0 Å². The Hall–Kier alpha value is -1.52. The molecule has 25 heavy (non-hydrogen) atoms. The van der Waals surface area contributed by atoms with E-state index in [9.17, 15) is 9.59 Å². The quantitative estimate of drug-likeness (QED) is 0.311. The van der Waals surface area contributed by atoms with Gasteiger partial charge in [-0.2, -0.15) is 0 Å². The summed E-state index contributed by atoms with van der Waals surface area (Å²) in [4.78, 5) is 22.2. The molecule has 0 saturated carbocycles. The molecule has 0 atom stereocenters. The fraction of sp³-hybridized carbons (Fsp3) is 0.800. The van der Waals surface area contributed by atoms with E-state index in [1.54, 1.807) is 0 Å². The van der Waals surface area contributed by atoms with Gasteiger partial charge in [0, 0.05) is 13.6 Å². The summed E-state index contributed by atoms with van der Waals surface area (Å²) in [7, 11) is 1.51. The third kappa shape index (κ3) is 18.7. The summed E-state index contributed by atoms with van der Waals surface area (Å²) in [6.07, 6.45) is 19.0. The molecule has 0 radical (unpaired) electrons. The van der Waals surface area contributed by atoms with Crippen molar-refractivity contribution in [2.45, 2.75) is 84.0 Å². The van der Waals surface area contributed by atoms with Crippen LogP contribution in [0.15, 0.2) is 12.2 Å². The minimum Gasteiger partial charge on any atom is -0.439 e. The van der Waals surface area contributed by atoms with E-state index < -0.39 is 6.09 Å². The highest BCUT2D eigenvalue weighted by Gasteiger charge is 2.04. The second kappa shape index (κ2) is 18.8. The number of carbonyl (C=O) groups excluding carboxylic acids is 2. The molecule has 0 aliphatic carbocycles. The molecule has 0 saturated heterocycles. The van der Waals surface area contributed by atoms with Crippen molar-refractivity contribution < 1.29 is 14.3 Å². The number of carbonyl (C=O) groups is 2. The molecule has 5 nitrogen and oxygen atoms in total. The summed E-state index contributed by atoms with van der Waals surface area (Å²) < 4.78 is 4.75. The molecule has 146 valence electrons. The van der Waals surface area contributed by atoms with Crippen LogP contribution >= 0.6 is 0 Å². The summed E-state index contributed by atoms with van der Waals surface area (Å²) in [5.74, 6) is -0.304. The standard InChI is InChI=1S/C20H38N2O3/c1-3-4-5-6-7-8-9-10-11-12-13-14-15-16-17-22-20(24)25-18-19(23)21-2/h8-9H,3-7,10-18H2,1-2H3,(H,21,23)(H,22,24)/b9-8-. The number of hydrogen-bond donors (Lipinski definition) is 2. The number of rotatable bonds is 16. The number of ether oxygens (including phenoxy) is 1. The zero-order valence-corrected chi connectivity index (χ0v) is 16.3. The summed E-state index contributed by atoms with van der Waals surface area (Å²) in [5, 5.41) is 5.05. The van der Waals surface area contributed by atoms with Gasteiger partial charge in [0.25, 0.3) is 5.91 Å². The van der Waals surface area contributed by atoms with Gasteiger partial charge in [-0.25, -0.2) is 4.79 Å². The molecule has 2 amide bonds. The van der Waals surface area contributed by atoms with Crippen molar-refractivity contribution in [3.05, 3.63) is 12.2 Å². The van der Waals surface area contributed by atoms with E-state index >= 15 is 0 Å². The molecular formula is C20H38N2O3. The highest BCUT2D eigenvalue weighted by atomic mass is 16.6. The fourth-order valence-electron chi connectivity index (χ4n) is 2.46. The largest absolute Gasteiger partial charge is 0.439 e. The first-order chi connectivity index (χ1) is 12.2. The second-order valence-corrected chi connectivity index (χ2v) is 6.41. The van der Waals surface area contributed by atoms with Crippen LogP contribution in [0.4, 0.5) is 4.79 Å². The predicted molar refractivity (Wildman–Crippen MR) is 104 cm³/mol. The fourth-order valence-corrected chi connectivity index (χ4v) is 2.46. The molecule has 0 fully saturated rings. The Labute approximate surface area is 154 Å². The molecule has 0 heterocycles. The van der Waals surface area contributed by atoms with Crippen LogP contribution in [0.1, 0.15) is 84.0 Å². The second-order valence-electron chi connectivity index (χ2n) is 6.41. The van der Waals surface area contributed by atoms with E-state index in [0.717, 1.165) is 12.8 Å². The molecule has 0 aliphatic rings. The van der Waals surface area contributed by atoms with Crippen LogP contribution in [0.5, 0.6) is 0 Å². The minimum atomic E-state index is -0.523. The normalized spacial score (nSPS) is 10.8. The monoisotopic (exact) mass is 354 g/mol. The third-order valence-corrected chi connectivity index (χ3v) is 4.07. The number of alkyl carbamates (subject to hydrolysis) is 1. The van der Waals surface area contributed by atoms with Crippen LogP contribution in [0, 0.1) is 0 Å². The highest BCUT2D eigenvalue weighted by molar-refractivity contribution is 5.79. The van der Waals surface area contributed by atoms with E-state index in [0.29, 0.717) is 6.54 Å². The molecule has 0 rings (SSSR count). The van der Waals surface area contributed by atoms with Crippen molar-refractivity contribution >= 4 is 12.0 Å². The number of allylic oxidation sites excluding steroid dienone is 2. The Balaban J connectivity index is 3.22. The Bertz CT molecular complexity index is 357. The topological polar surface area (TPSA) is 67.4 Å². The molecule has 0 bridgehead atoms. The number of unbranched alkanes of at least 4 members (excludes halogenated alkanes) is 10. The zero-order chi connectivity index (χ0) is 18.6. The van der Waals surface area contributed by atoms with E-state index in [4.69, 9.17) is 4.74 Å². The van der Waals surface area contributed by atoms with Gasteiger partial charge in [-0.3, -0.25) is 4.79 Å². The molecule has 0 spiro atoms. The maximum atomic E-state index is 11.3. The summed E-state index contributed by atoms with van der Waals surface area (Å²) in [5.41, 5.74) is 0. The van der Waals surface area contributed by atoms with Gasteiger partial charge in [0.15, 0.2) is 6.61 Å². The lowest BCUT2D eigenvalue weighted by molar-refractivity contribution is -0.123. The molecule has 0 aromatic carbocycles. The van der Waals surface area contributed by atoms with Gasteiger partial charge in [-0.05, 0) is 32.1 Å².